The number of thioether (sulfide) groups is 1. The van der Waals surface area contributed by atoms with Crippen LogP contribution in [0.15, 0.2) is 29.2 Å². The fourth-order valence-corrected chi connectivity index (χ4v) is 3.05. The van der Waals surface area contributed by atoms with Crippen molar-refractivity contribution in [1.82, 2.24) is 5.09 Å². The Kier molecular flexibility index (Phi) is 7.81. The first kappa shape index (κ1) is 16.8. The van der Waals surface area contributed by atoms with Gasteiger partial charge in [-0.1, -0.05) is 23.7 Å². The molecule has 1 aromatic carbocycles. The fraction of sp³-hybridized carbons (Fsp3) is 0.385. The lowest BCUT2D eigenvalue weighted by Crippen LogP contribution is -2.03. The Balaban J connectivity index is 2.38. The number of nitrogens with one attached hydrogen (secondary N) is 1. The van der Waals surface area contributed by atoms with Crippen LogP contribution < -0.4 is 5.09 Å². The number of hydrogen-bond acceptors (Lipinski definition) is 2. The average Bonchev–Trinajstić information content (AvgIpc) is 2.33. The molecule has 106 valence electrons. The second kappa shape index (κ2) is 8.83. The van der Waals surface area contributed by atoms with Crippen molar-refractivity contribution in [2.45, 2.75) is 26.0 Å². The highest BCUT2D eigenvalue weighted by atomic mass is 35.5. The van der Waals surface area contributed by atoms with Crippen LogP contribution >= 0.6 is 31.5 Å². The number of aryl methyl sites for hydroxylation is 1. The van der Waals surface area contributed by atoms with Crippen molar-refractivity contribution in [3.05, 3.63) is 45.3 Å². The van der Waals surface area contributed by atoms with Gasteiger partial charge < -0.3 is 4.89 Å². The minimum atomic E-state index is -2.55. The second-order valence-electron chi connectivity index (χ2n) is 4.19. The first-order chi connectivity index (χ1) is 8.99. The topological polar surface area (TPSA) is 49.3 Å². The van der Waals surface area contributed by atoms with Crippen molar-refractivity contribution < 1.29 is 9.46 Å². The molecule has 0 aliphatic heterocycles. The Bertz CT molecular complexity index is 480. The molecule has 1 atom stereocenters. The molecule has 1 rings (SSSR count). The van der Waals surface area contributed by atoms with Gasteiger partial charge in [0.15, 0.2) is 0 Å². The molecule has 0 aromatic heterocycles. The number of halogens is 1. The molecule has 1 unspecified atom stereocenters. The molecular formula is C13H19ClNO2PS. The van der Waals surface area contributed by atoms with Crippen LogP contribution in [-0.2, 0) is 10.3 Å². The highest BCUT2D eigenvalue weighted by molar-refractivity contribution is 8.02. The molecule has 0 fully saturated rings. The molecule has 0 saturated carbocycles. The molecule has 1 aromatic rings. The maximum Gasteiger partial charge on any atom is 0.255 e. The molecule has 6 heteroatoms. The Morgan fingerprint density at radius 2 is 2.32 bits per heavy atom. The lowest BCUT2D eigenvalue weighted by atomic mass is 10.1. The SMILES string of the molecule is CC(=CCCN[PH](=O)O)SCc1ccc(Cl)cc1C. The summed E-state index contributed by atoms with van der Waals surface area (Å²) in [4.78, 5) is 9.84. The van der Waals surface area contributed by atoms with Gasteiger partial charge in [-0.2, -0.15) is 0 Å². The Morgan fingerprint density at radius 3 is 2.95 bits per heavy atom. The Morgan fingerprint density at radius 1 is 1.58 bits per heavy atom. The van der Waals surface area contributed by atoms with Gasteiger partial charge in [0.2, 0.25) is 0 Å². The molecule has 3 nitrogen and oxygen atoms in total. The van der Waals surface area contributed by atoms with Gasteiger partial charge in [-0.05, 0) is 48.4 Å². The minimum absolute atomic E-state index is 0.534. The average molecular weight is 320 g/mol. The maximum atomic E-state index is 10.5. The molecular weight excluding hydrogens is 301 g/mol. The van der Waals surface area contributed by atoms with Crippen molar-refractivity contribution in [3.8, 4) is 0 Å². The second-order valence-corrected chi connectivity index (χ2v) is 6.82. The predicted molar refractivity (Wildman–Crippen MR) is 85.1 cm³/mol. The van der Waals surface area contributed by atoms with E-state index in [1.165, 1.54) is 16.0 Å². The number of hydrogen-bond donors (Lipinski definition) is 2. The van der Waals surface area contributed by atoms with Crippen LogP contribution in [0, 0.1) is 6.92 Å². The first-order valence-corrected chi connectivity index (χ1v) is 8.72. The molecule has 0 radical (unpaired) electrons. The van der Waals surface area contributed by atoms with Gasteiger partial charge in [0.1, 0.15) is 0 Å². The lowest BCUT2D eigenvalue weighted by molar-refractivity contribution is 0.490. The van der Waals surface area contributed by atoms with E-state index in [9.17, 15) is 4.57 Å². The molecule has 0 aliphatic carbocycles. The summed E-state index contributed by atoms with van der Waals surface area (Å²) in [7, 11) is -2.55. The third kappa shape index (κ3) is 7.19. The highest BCUT2D eigenvalue weighted by Crippen LogP contribution is 2.24. The number of benzene rings is 1. The molecule has 0 saturated heterocycles. The molecule has 0 spiro atoms. The summed E-state index contributed by atoms with van der Waals surface area (Å²) < 4.78 is 10.5. The van der Waals surface area contributed by atoms with Gasteiger partial charge in [0.05, 0.1) is 0 Å². The van der Waals surface area contributed by atoms with E-state index in [-0.39, 0.29) is 0 Å². The third-order valence-electron chi connectivity index (χ3n) is 2.61. The third-order valence-corrected chi connectivity index (χ3v) is 4.48. The smallest absolute Gasteiger partial charge is 0.255 e. The van der Waals surface area contributed by atoms with Crippen molar-refractivity contribution >= 4 is 31.5 Å². The first-order valence-electron chi connectivity index (χ1n) is 6.00. The van der Waals surface area contributed by atoms with Gasteiger partial charge in [0, 0.05) is 17.3 Å². The van der Waals surface area contributed by atoms with Crippen LogP contribution in [0.4, 0.5) is 0 Å². The van der Waals surface area contributed by atoms with Crippen LogP contribution in [0.1, 0.15) is 24.5 Å². The summed E-state index contributed by atoms with van der Waals surface area (Å²) in [6.45, 7) is 4.65. The monoisotopic (exact) mass is 319 g/mol. The Labute approximate surface area is 124 Å². The van der Waals surface area contributed by atoms with Crippen LogP contribution in [0.5, 0.6) is 0 Å². The molecule has 2 N–H and O–H groups in total. The van der Waals surface area contributed by atoms with Gasteiger partial charge in [-0.25, -0.2) is 5.09 Å². The normalized spacial score (nSPS) is 13.6. The molecule has 19 heavy (non-hydrogen) atoms. The summed E-state index contributed by atoms with van der Waals surface area (Å²) >= 11 is 7.69. The summed E-state index contributed by atoms with van der Waals surface area (Å²) in [5.74, 6) is 0.912. The maximum absolute atomic E-state index is 10.5. The summed E-state index contributed by atoms with van der Waals surface area (Å²) in [5.41, 5.74) is 2.48. The predicted octanol–water partition coefficient (Wildman–Crippen LogP) is 4.15. The fourth-order valence-electron chi connectivity index (χ4n) is 1.53. The van der Waals surface area contributed by atoms with E-state index in [1.807, 2.05) is 12.1 Å². The molecule has 0 bridgehead atoms. The summed E-state index contributed by atoms with van der Waals surface area (Å²) in [5, 5.41) is 3.29. The van der Waals surface area contributed by atoms with E-state index in [0.717, 1.165) is 17.2 Å². The van der Waals surface area contributed by atoms with Crippen LogP contribution in [0.3, 0.4) is 0 Å². The van der Waals surface area contributed by atoms with Crippen molar-refractivity contribution in [3.63, 3.8) is 0 Å². The zero-order valence-corrected chi connectivity index (χ0v) is 13.6. The zero-order valence-electron chi connectivity index (χ0n) is 11.1. The zero-order chi connectivity index (χ0) is 14.3. The van der Waals surface area contributed by atoms with E-state index >= 15 is 0 Å². The largest absolute Gasteiger partial charge is 0.335 e. The van der Waals surface area contributed by atoms with E-state index in [0.29, 0.717) is 6.54 Å². The summed E-state index contributed by atoms with van der Waals surface area (Å²) in [6.07, 6.45) is 2.84. The van der Waals surface area contributed by atoms with E-state index < -0.39 is 8.18 Å². The molecule has 0 aliphatic rings. The van der Waals surface area contributed by atoms with Crippen molar-refractivity contribution in [2.75, 3.05) is 6.54 Å². The number of allylic oxidation sites excluding steroid dienone is 1. The van der Waals surface area contributed by atoms with Gasteiger partial charge in [-0.3, -0.25) is 4.57 Å². The highest BCUT2D eigenvalue weighted by Gasteiger charge is 2.00. The quantitative estimate of drug-likeness (QED) is 0.585. The van der Waals surface area contributed by atoms with Crippen LogP contribution in [0.2, 0.25) is 5.02 Å². The van der Waals surface area contributed by atoms with E-state index in [2.05, 4.69) is 31.1 Å². The van der Waals surface area contributed by atoms with Gasteiger partial charge in [-0.15, -0.1) is 11.8 Å². The minimum Gasteiger partial charge on any atom is -0.335 e. The molecule has 0 amide bonds. The van der Waals surface area contributed by atoms with Crippen LogP contribution in [0.25, 0.3) is 0 Å². The standard InChI is InChI=1S/C13H19ClNO2PS/c1-10-8-13(14)6-5-12(10)9-19-11(2)4-3-7-15-18(16)17/h4-6,8,18H,3,7,9H2,1-2H3,(H2,15,16,17). The number of rotatable bonds is 7. The Hall–Kier alpha value is -0.250. The van der Waals surface area contributed by atoms with Crippen molar-refractivity contribution in [2.24, 2.45) is 0 Å². The lowest BCUT2D eigenvalue weighted by Gasteiger charge is -2.06. The van der Waals surface area contributed by atoms with Gasteiger partial charge >= 0.3 is 0 Å². The van der Waals surface area contributed by atoms with Gasteiger partial charge in [0.25, 0.3) is 8.18 Å². The van der Waals surface area contributed by atoms with Crippen molar-refractivity contribution in [1.29, 1.82) is 0 Å². The van der Waals surface area contributed by atoms with E-state index in [1.54, 1.807) is 11.8 Å². The summed E-state index contributed by atoms with van der Waals surface area (Å²) in [6, 6.07) is 5.93. The molecule has 0 heterocycles. The van der Waals surface area contributed by atoms with Crippen LogP contribution in [-0.4, -0.2) is 11.4 Å². The van der Waals surface area contributed by atoms with E-state index in [4.69, 9.17) is 16.5 Å².